The number of rotatable bonds is 5. The Morgan fingerprint density at radius 3 is 1.39 bits per heavy atom. The van der Waals surface area contributed by atoms with Gasteiger partial charge in [-0.3, -0.25) is 10.1 Å². The molecule has 7 aromatic rings. The second-order valence-electron chi connectivity index (χ2n) is 12.4. The topological polar surface area (TPSA) is 100 Å². The summed E-state index contributed by atoms with van der Waals surface area (Å²) >= 11 is 0. The summed E-state index contributed by atoms with van der Waals surface area (Å²) in [6, 6.07) is 45.7. The van der Waals surface area contributed by atoms with E-state index in [0.717, 1.165) is 61.4 Å². The summed E-state index contributed by atoms with van der Waals surface area (Å²) in [6.45, 7) is 0. The van der Waals surface area contributed by atoms with Gasteiger partial charge in [-0.25, -0.2) is 9.97 Å². The van der Waals surface area contributed by atoms with Crippen molar-refractivity contribution in [3.63, 3.8) is 0 Å². The highest BCUT2D eigenvalue weighted by Crippen LogP contribution is 2.44. The van der Waals surface area contributed by atoms with Gasteiger partial charge in [0, 0.05) is 27.7 Å². The minimum atomic E-state index is -0.304. The SMILES string of the molecule is O=[N+]([O-])c1c(-c2ccccc2)c2[nH]c1cc1nc(c(-c3ccccc3)c3ccc([nH]3)c(-c3ccccc3)c3nc(c2-c2ccccc2)C=C3)C=C1. The highest BCUT2D eigenvalue weighted by atomic mass is 16.6. The molecule has 2 aliphatic rings. The van der Waals surface area contributed by atoms with E-state index in [9.17, 15) is 10.1 Å². The van der Waals surface area contributed by atoms with Crippen LogP contribution in [0.25, 0.3) is 90.9 Å². The summed E-state index contributed by atoms with van der Waals surface area (Å²) in [5.74, 6) is 0. The maximum absolute atomic E-state index is 13.1. The maximum atomic E-state index is 13.1. The first-order valence-electron chi connectivity index (χ1n) is 16.7. The van der Waals surface area contributed by atoms with Crippen LogP contribution in [0, 0.1) is 10.1 Å². The lowest BCUT2D eigenvalue weighted by molar-refractivity contribution is -0.382. The van der Waals surface area contributed by atoms with Crippen molar-refractivity contribution in [1.82, 2.24) is 19.9 Å². The first-order valence-corrected chi connectivity index (χ1v) is 16.7. The summed E-state index contributed by atoms with van der Waals surface area (Å²) in [5, 5.41) is 13.1. The summed E-state index contributed by atoms with van der Waals surface area (Å²) in [5.41, 5.74) is 12.2. The number of nitrogens with zero attached hydrogens (tertiary/aromatic N) is 3. The van der Waals surface area contributed by atoms with E-state index in [-0.39, 0.29) is 10.6 Å². The molecule has 3 aromatic heterocycles. The molecule has 0 unspecified atom stereocenters. The molecule has 242 valence electrons. The highest BCUT2D eigenvalue weighted by Gasteiger charge is 2.27. The Morgan fingerprint density at radius 2 is 0.882 bits per heavy atom. The van der Waals surface area contributed by atoms with Crippen molar-refractivity contribution in [2.75, 3.05) is 0 Å². The predicted molar refractivity (Wildman–Crippen MR) is 207 cm³/mol. The molecule has 0 spiro atoms. The van der Waals surface area contributed by atoms with Crippen LogP contribution in [0.4, 0.5) is 5.69 Å². The molecule has 0 amide bonds. The lowest BCUT2D eigenvalue weighted by Crippen LogP contribution is -1.91. The molecule has 0 saturated carbocycles. The molecule has 51 heavy (non-hydrogen) atoms. The molecular formula is C44H29N5O2. The molecule has 0 saturated heterocycles. The van der Waals surface area contributed by atoms with Crippen LogP contribution >= 0.6 is 0 Å². The van der Waals surface area contributed by atoms with E-state index < -0.39 is 0 Å². The fraction of sp³-hybridized carbons (Fsp3) is 0. The summed E-state index contributed by atoms with van der Waals surface area (Å²) in [7, 11) is 0. The van der Waals surface area contributed by atoms with Gasteiger partial charge in [-0.1, -0.05) is 121 Å². The predicted octanol–water partition coefficient (Wildman–Crippen LogP) is 11.2. The number of nitrogens with one attached hydrogen (secondary N) is 2. The van der Waals surface area contributed by atoms with Crippen molar-refractivity contribution in [2.24, 2.45) is 0 Å². The molecule has 0 fully saturated rings. The summed E-state index contributed by atoms with van der Waals surface area (Å²) in [6.07, 6.45) is 7.90. The number of H-pyrrole nitrogens is 2. The number of nitro groups is 1. The van der Waals surface area contributed by atoms with Crippen LogP contribution in [0.1, 0.15) is 22.8 Å². The largest absolute Gasteiger partial charge is 0.354 e. The van der Waals surface area contributed by atoms with Gasteiger partial charge < -0.3 is 9.97 Å². The fourth-order valence-corrected chi connectivity index (χ4v) is 7.07. The molecule has 5 heterocycles. The van der Waals surface area contributed by atoms with Crippen molar-refractivity contribution in [2.45, 2.75) is 0 Å². The van der Waals surface area contributed by atoms with E-state index in [0.29, 0.717) is 28.0 Å². The van der Waals surface area contributed by atoms with Crippen LogP contribution in [0.5, 0.6) is 0 Å². The van der Waals surface area contributed by atoms with E-state index >= 15 is 0 Å². The first kappa shape index (κ1) is 30.0. The van der Waals surface area contributed by atoms with E-state index in [4.69, 9.17) is 9.97 Å². The van der Waals surface area contributed by atoms with Gasteiger partial charge in [-0.05, 0) is 64.8 Å². The van der Waals surface area contributed by atoms with Crippen LogP contribution in [0.3, 0.4) is 0 Å². The average molecular weight is 660 g/mol. The summed E-state index contributed by atoms with van der Waals surface area (Å²) < 4.78 is 0. The minimum Gasteiger partial charge on any atom is -0.354 e. The van der Waals surface area contributed by atoms with Gasteiger partial charge in [-0.2, -0.15) is 0 Å². The number of fused-ring (bicyclic) bond motifs is 8. The van der Waals surface area contributed by atoms with Crippen molar-refractivity contribution in [1.29, 1.82) is 0 Å². The first-order chi connectivity index (χ1) is 25.1. The van der Waals surface area contributed by atoms with Crippen LogP contribution in [0.15, 0.2) is 140 Å². The van der Waals surface area contributed by atoms with E-state index in [1.807, 2.05) is 121 Å². The van der Waals surface area contributed by atoms with Crippen molar-refractivity contribution < 1.29 is 4.92 Å². The normalized spacial score (nSPS) is 11.9. The zero-order chi connectivity index (χ0) is 34.3. The Bertz CT molecular complexity index is 2690. The average Bonchev–Trinajstić information content (AvgIpc) is 3.99. The molecule has 9 rings (SSSR count). The number of aromatic nitrogens is 4. The van der Waals surface area contributed by atoms with Gasteiger partial charge in [0.05, 0.1) is 38.8 Å². The third-order valence-corrected chi connectivity index (χ3v) is 9.27. The molecule has 8 bridgehead atoms. The molecule has 2 aliphatic heterocycles. The van der Waals surface area contributed by atoms with E-state index in [2.05, 4.69) is 46.4 Å². The highest BCUT2D eigenvalue weighted by molar-refractivity contribution is 6.06. The van der Waals surface area contributed by atoms with E-state index in [1.165, 1.54) is 0 Å². The number of aromatic amines is 2. The second-order valence-corrected chi connectivity index (χ2v) is 12.4. The van der Waals surface area contributed by atoms with Gasteiger partial charge in [0.25, 0.3) is 0 Å². The van der Waals surface area contributed by atoms with Gasteiger partial charge in [-0.15, -0.1) is 0 Å². The maximum Gasteiger partial charge on any atom is 0.302 e. The van der Waals surface area contributed by atoms with Gasteiger partial charge in [0.15, 0.2) is 0 Å². The van der Waals surface area contributed by atoms with Crippen LogP contribution in [-0.4, -0.2) is 24.9 Å². The van der Waals surface area contributed by atoms with Crippen molar-refractivity contribution >= 4 is 52.1 Å². The molecule has 7 nitrogen and oxygen atoms in total. The molecule has 0 radical (unpaired) electrons. The lowest BCUT2D eigenvalue weighted by atomic mass is 9.98. The summed E-state index contributed by atoms with van der Waals surface area (Å²) in [4.78, 5) is 30.4. The molecule has 0 aliphatic carbocycles. The van der Waals surface area contributed by atoms with Crippen LogP contribution < -0.4 is 0 Å². The smallest absolute Gasteiger partial charge is 0.302 e. The lowest BCUT2D eigenvalue weighted by Gasteiger charge is -2.07. The fourth-order valence-electron chi connectivity index (χ4n) is 7.07. The molecule has 0 atom stereocenters. The molecular weight excluding hydrogens is 631 g/mol. The van der Waals surface area contributed by atoms with Crippen molar-refractivity contribution in [3.05, 3.63) is 172 Å². The Kier molecular flexibility index (Phi) is 7.29. The Hall–Kier alpha value is -7.12. The third-order valence-electron chi connectivity index (χ3n) is 9.27. The Labute approximate surface area is 293 Å². The minimum absolute atomic E-state index is 0.0253. The Morgan fingerprint density at radius 1 is 0.451 bits per heavy atom. The van der Waals surface area contributed by atoms with Crippen LogP contribution in [-0.2, 0) is 0 Å². The van der Waals surface area contributed by atoms with Crippen LogP contribution in [0.2, 0.25) is 0 Å². The van der Waals surface area contributed by atoms with Crippen molar-refractivity contribution in [3.8, 4) is 44.5 Å². The standard InChI is InChI=1S/C44H29N5O2/c50-49(51)44-38-27-32-21-22-33(45-32)39(28-13-5-1-6-14-28)34-23-24-35(46-34)40(29-15-7-2-8-16-29)36-25-26-37(47-36)41(30-17-9-3-10-18-30)43(48-38)42(44)31-19-11-4-12-20-31/h1-27,46,48H. The zero-order valence-electron chi connectivity index (χ0n) is 27.2. The van der Waals surface area contributed by atoms with Gasteiger partial charge in [0.1, 0.15) is 5.52 Å². The van der Waals surface area contributed by atoms with Gasteiger partial charge >= 0.3 is 5.69 Å². The monoisotopic (exact) mass is 659 g/mol. The number of hydrogen-bond acceptors (Lipinski definition) is 4. The Balaban J connectivity index is 1.53. The molecule has 4 aromatic carbocycles. The number of hydrogen-bond donors (Lipinski definition) is 2. The molecule has 2 N–H and O–H groups in total. The molecule has 7 heteroatoms. The second kappa shape index (κ2) is 12.4. The van der Waals surface area contributed by atoms with Gasteiger partial charge in [0.2, 0.25) is 0 Å². The zero-order valence-corrected chi connectivity index (χ0v) is 27.2. The van der Waals surface area contributed by atoms with E-state index in [1.54, 1.807) is 6.07 Å². The number of benzene rings is 4. The quantitative estimate of drug-likeness (QED) is 0.142. The third kappa shape index (κ3) is 5.34.